The molecular formula is C20H17N3O6. The second kappa shape index (κ2) is 8.34. The molecule has 0 spiro atoms. The Labute approximate surface area is 165 Å². The third kappa shape index (κ3) is 4.29. The molecule has 0 bridgehead atoms. The molecule has 1 fully saturated rings. The molecule has 3 rings (SSSR count). The molecule has 9 nitrogen and oxygen atoms in total. The fourth-order valence-corrected chi connectivity index (χ4v) is 2.86. The van der Waals surface area contributed by atoms with Gasteiger partial charge in [0, 0.05) is 5.56 Å². The largest absolute Gasteiger partial charge is 0.479 e. The van der Waals surface area contributed by atoms with Crippen LogP contribution in [0.1, 0.15) is 22.0 Å². The van der Waals surface area contributed by atoms with Crippen molar-refractivity contribution in [3.63, 3.8) is 0 Å². The summed E-state index contributed by atoms with van der Waals surface area (Å²) in [4.78, 5) is 62.6. The molecule has 2 aromatic carbocycles. The number of carbonyl (C=O) groups is 5. The Hall–Kier alpha value is -4.01. The predicted molar refractivity (Wildman–Crippen MR) is 99.5 cm³/mol. The van der Waals surface area contributed by atoms with Gasteiger partial charge in [-0.25, -0.2) is 9.59 Å². The van der Waals surface area contributed by atoms with Gasteiger partial charge in [-0.05, 0) is 17.7 Å². The van der Waals surface area contributed by atoms with Crippen LogP contribution in [0.2, 0.25) is 0 Å². The van der Waals surface area contributed by atoms with Crippen molar-refractivity contribution in [2.45, 2.75) is 6.04 Å². The first-order chi connectivity index (χ1) is 13.9. The van der Waals surface area contributed by atoms with Crippen LogP contribution >= 0.6 is 0 Å². The van der Waals surface area contributed by atoms with E-state index in [0.717, 1.165) is 4.90 Å². The third-order valence-electron chi connectivity index (χ3n) is 4.35. The minimum Gasteiger partial charge on any atom is -0.479 e. The number of carbonyl (C=O) groups excluding carboxylic acids is 4. The molecule has 1 aliphatic rings. The van der Waals surface area contributed by atoms with Crippen molar-refractivity contribution >= 4 is 29.7 Å². The number of piperazine rings is 1. The first-order valence-electron chi connectivity index (χ1n) is 8.67. The van der Waals surface area contributed by atoms with Crippen LogP contribution in [0, 0.1) is 0 Å². The summed E-state index contributed by atoms with van der Waals surface area (Å²) in [6.45, 7) is -1.27. The van der Waals surface area contributed by atoms with E-state index in [9.17, 15) is 29.1 Å². The summed E-state index contributed by atoms with van der Waals surface area (Å²) in [5.74, 6) is -3.48. The van der Waals surface area contributed by atoms with Gasteiger partial charge in [0.2, 0.25) is 5.91 Å². The van der Waals surface area contributed by atoms with Gasteiger partial charge in [0.1, 0.15) is 13.1 Å². The zero-order valence-electron chi connectivity index (χ0n) is 15.1. The van der Waals surface area contributed by atoms with Crippen LogP contribution in [0.15, 0.2) is 60.7 Å². The highest BCUT2D eigenvalue weighted by molar-refractivity contribution is 6.12. The van der Waals surface area contributed by atoms with Crippen LogP contribution < -0.4 is 5.32 Å². The van der Waals surface area contributed by atoms with E-state index in [1.807, 2.05) is 0 Å². The van der Waals surface area contributed by atoms with E-state index in [1.165, 1.54) is 24.3 Å². The van der Waals surface area contributed by atoms with Gasteiger partial charge in [0.05, 0.1) is 0 Å². The van der Waals surface area contributed by atoms with E-state index >= 15 is 0 Å². The summed E-state index contributed by atoms with van der Waals surface area (Å²) >= 11 is 0. The molecular weight excluding hydrogens is 378 g/mol. The fraction of sp³-hybridized carbons (Fsp3) is 0.150. The molecule has 0 aliphatic carbocycles. The smallest absolute Gasteiger partial charge is 0.330 e. The van der Waals surface area contributed by atoms with Gasteiger partial charge in [-0.15, -0.1) is 0 Å². The van der Waals surface area contributed by atoms with E-state index in [-0.39, 0.29) is 5.56 Å². The number of carboxylic acids is 1. The van der Waals surface area contributed by atoms with E-state index < -0.39 is 48.9 Å². The van der Waals surface area contributed by atoms with Crippen LogP contribution in [0.3, 0.4) is 0 Å². The van der Waals surface area contributed by atoms with Crippen molar-refractivity contribution in [1.82, 2.24) is 15.1 Å². The van der Waals surface area contributed by atoms with Crippen LogP contribution in [0.4, 0.5) is 4.79 Å². The third-order valence-corrected chi connectivity index (χ3v) is 4.35. The number of hydrogen-bond acceptors (Lipinski definition) is 5. The maximum absolute atomic E-state index is 12.5. The fourth-order valence-electron chi connectivity index (χ4n) is 2.86. The zero-order chi connectivity index (χ0) is 21.0. The van der Waals surface area contributed by atoms with Crippen LogP contribution in [-0.4, -0.2) is 57.7 Å². The quantitative estimate of drug-likeness (QED) is 0.746. The molecule has 1 atom stereocenters. The molecule has 0 aromatic heterocycles. The number of hydrogen-bond donors (Lipinski definition) is 2. The highest BCUT2D eigenvalue weighted by Crippen LogP contribution is 2.15. The van der Waals surface area contributed by atoms with E-state index in [1.54, 1.807) is 36.4 Å². The lowest BCUT2D eigenvalue weighted by Gasteiger charge is -2.32. The molecule has 1 saturated heterocycles. The molecule has 2 N–H and O–H groups in total. The monoisotopic (exact) mass is 395 g/mol. The van der Waals surface area contributed by atoms with Gasteiger partial charge in [0.25, 0.3) is 11.8 Å². The van der Waals surface area contributed by atoms with Crippen LogP contribution in [-0.2, 0) is 14.4 Å². The number of rotatable bonds is 4. The lowest BCUT2D eigenvalue weighted by Crippen LogP contribution is -2.59. The second-order valence-corrected chi connectivity index (χ2v) is 6.26. The Bertz CT molecular complexity index is 961. The molecule has 1 heterocycles. The Balaban J connectivity index is 1.72. The summed E-state index contributed by atoms with van der Waals surface area (Å²) in [6.07, 6.45) is 0. The van der Waals surface area contributed by atoms with E-state index in [4.69, 9.17) is 0 Å². The molecule has 29 heavy (non-hydrogen) atoms. The van der Waals surface area contributed by atoms with Gasteiger partial charge in [-0.1, -0.05) is 48.5 Å². The number of urea groups is 1. The zero-order valence-corrected chi connectivity index (χ0v) is 15.1. The first-order valence-corrected chi connectivity index (χ1v) is 8.67. The average Bonchev–Trinajstić information content (AvgIpc) is 2.73. The molecule has 1 aliphatic heterocycles. The number of carboxylic acid groups (broad SMARTS) is 1. The van der Waals surface area contributed by atoms with Gasteiger partial charge in [0.15, 0.2) is 6.04 Å². The highest BCUT2D eigenvalue weighted by atomic mass is 16.4. The Morgan fingerprint density at radius 3 is 1.93 bits per heavy atom. The van der Waals surface area contributed by atoms with Gasteiger partial charge in [-0.2, -0.15) is 0 Å². The van der Waals surface area contributed by atoms with Crippen molar-refractivity contribution in [1.29, 1.82) is 0 Å². The lowest BCUT2D eigenvalue weighted by molar-refractivity contribution is -0.145. The maximum atomic E-state index is 12.5. The molecule has 5 amide bonds. The molecule has 1 unspecified atom stereocenters. The molecule has 0 saturated carbocycles. The number of imide groups is 2. The van der Waals surface area contributed by atoms with E-state index in [0.29, 0.717) is 10.5 Å². The SMILES string of the molecule is O=C(O)C(NC(=O)N1CC(=O)N(C(=O)c2ccccc2)CC1=O)c1ccccc1. The number of benzene rings is 2. The molecule has 0 radical (unpaired) electrons. The summed E-state index contributed by atoms with van der Waals surface area (Å²) < 4.78 is 0. The molecule has 148 valence electrons. The predicted octanol–water partition coefficient (Wildman–Crippen LogP) is 1.03. The van der Waals surface area contributed by atoms with E-state index in [2.05, 4.69) is 5.32 Å². The summed E-state index contributed by atoms with van der Waals surface area (Å²) in [7, 11) is 0. The Morgan fingerprint density at radius 2 is 1.34 bits per heavy atom. The number of nitrogens with zero attached hydrogens (tertiary/aromatic N) is 2. The second-order valence-electron chi connectivity index (χ2n) is 6.26. The lowest BCUT2D eigenvalue weighted by atomic mass is 10.1. The maximum Gasteiger partial charge on any atom is 0.330 e. The molecule has 9 heteroatoms. The number of nitrogens with one attached hydrogen (secondary N) is 1. The summed E-state index contributed by atoms with van der Waals surface area (Å²) in [5.41, 5.74) is 0.548. The van der Waals surface area contributed by atoms with Crippen molar-refractivity contribution in [3.8, 4) is 0 Å². The topological polar surface area (TPSA) is 124 Å². The molecule has 2 aromatic rings. The van der Waals surface area contributed by atoms with Crippen molar-refractivity contribution in [2.24, 2.45) is 0 Å². The number of amides is 5. The average molecular weight is 395 g/mol. The normalized spacial score (nSPS) is 15.0. The standard InChI is InChI=1S/C20H17N3O6/c24-15-12-23(16(25)11-22(15)18(26)14-9-5-2-6-10-14)20(29)21-17(19(27)28)13-7-3-1-4-8-13/h1-10,17H,11-12H2,(H,21,29)(H,27,28). The Kier molecular flexibility index (Phi) is 5.68. The first kappa shape index (κ1) is 19.7. The van der Waals surface area contributed by atoms with Crippen molar-refractivity contribution in [2.75, 3.05) is 13.1 Å². The minimum absolute atomic E-state index is 0.238. The Morgan fingerprint density at radius 1 is 0.828 bits per heavy atom. The summed E-state index contributed by atoms with van der Waals surface area (Å²) in [5, 5.41) is 11.6. The minimum atomic E-state index is -1.39. The summed E-state index contributed by atoms with van der Waals surface area (Å²) in [6, 6.07) is 13.5. The number of aliphatic carboxylic acids is 1. The van der Waals surface area contributed by atoms with Gasteiger partial charge < -0.3 is 10.4 Å². The van der Waals surface area contributed by atoms with Crippen molar-refractivity contribution < 1.29 is 29.1 Å². The van der Waals surface area contributed by atoms with Crippen LogP contribution in [0.25, 0.3) is 0 Å². The van der Waals surface area contributed by atoms with Crippen LogP contribution in [0.5, 0.6) is 0 Å². The van der Waals surface area contributed by atoms with Crippen molar-refractivity contribution in [3.05, 3.63) is 71.8 Å². The highest BCUT2D eigenvalue weighted by Gasteiger charge is 2.38. The van der Waals surface area contributed by atoms with Gasteiger partial charge >= 0.3 is 12.0 Å². The van der Waals surface area contributed by atoms with Gasteiger partial charge in [-0.3, -0.25) is 24.2 Å².